The lowest BCUT2D eigenvalue weighted by Crippen LogP contribution is -2.13. The molecule has 0 bridgehead atoms. The van der Waals surface area contributed by atoms with Crippen molar-refractivity contribution in [2.24, 2.45) is 0 Å². The largest absolute Gasteiger partial charge is 0.310 e. The Morgan fingerprint density at radius 1 is 0.472 bits per heavy atom. The highest BCUT2D eigenvalue weighted by Crippen LogP contribution is 2.38. The SMILES string of the molecule is Cc1ccc(C=Cc2ccc(N(c3ccc4c(c3)CCCC4)c3ccc4c(c3)CCCC4)cc2)cc1. The molecule has 36 heavy (non-hydrogen) atoms. The summed E-state index contributed by atoms with van der Waals surface area (Å²) in [7, 11) is 0. The molecule has 4 aromatic carbocycles. The van der Waals surface area contributed by atoms with Gasteiger partial charge in [0.15, 0.2) is 0 Å². The fourth-order valence-corrected chi connectivity index (χ4v) is 5.77. The van der Waals surface area contributed by atoms with E-state index in [1.807, 2.05) is 0 Å². The van der Waals surface area contributed by atoms with E-state index in [1.165, 1.54) is 107 Å². The van der Waals surface area contributed by atoms with E-state index in [9.17, 15) is 0 Å². The third-order valence-electron chi connectivity index (χ3n) is 7.88. The highest BCUT2D eigenvalue weighted by atomic mass is 15.1. The molecule has 0 fully saturated rings. The van der Waals surface area contributed by atoms with E-state index in [1.54, 1.807) is 0 Å². The van der Waals surface area contributed by atoms with Crippen LogP contribution < -0.4 is 4.90 Å². The minimum absolute atomic E-state index is 1.20. The van der Waals surface area contributed by atoms with Gasteiger partial charge in [-0.25, -0.2) is 0 Å². The predicted octanol–water partition coefficient (Wildman–Crippen LogP) is 9.39. The summed E-state index contributed by atoms with van der Waals surface area (Å²) in [4.78, 5) is 2.46. The molecule has 2 aliphatic rings. The summed E-state index contributed by atoms with van der Waals surface area (Å²) in [5.74, 6) is 0. The van der Waals surface area contributed by atoms with Crippen LogP contribution in [0.2, 0.25) is 0 Å². The van der Waals surface area contributed by atoms with E-state index in [4.69, 9.17) is 0 Å². The zero-order valence-electron chi connectivity index (χ0n) is 21.3. The van der Waals surface area contributed by atoms with Crippen molar-refractivity contribution in [2.75, 3.05) is 4.90 Å². The number of benzene rings is 4. The van der Waals surface area contributed by atoms with Crippen LogP contribution in [-0.2, 0) is 25.7 Å². The maximum Gasteiger partial charge on any atom is 0.0464 e. The van der Waals surface area contributed by atoms with Crippen LogP contribution in [0.15, 0.2) is 84.9 Å². The number of aryl methyl sites for hydroxylation is 5. The molecule has 0 unspecified atom stereocenters. The van der Waals surface area contributed by atoms with Crippen LogP contribution in [-0.4, -0.2) is 0 Å². The molecule has 180 valence electrons. The molecule has 0 heterocycles. The van der Waals surface area contributed by atoms with Crippen molar-refractivity contribution in [1.29, 1.82) is 0 Å². The summed E-state index contributed by atoms with van der Waals surface area (Å²) in [6, 6.07) is 32.0. The molecule has 0 aliphatic heterocycles. The van der Waals surface area contributed by atoms with Crippen LogP contribution in [0.5, 0.6) is 0 Å². The number of hydrogen-bond donors (Lipinski definition) is 0. The van der Waals surface area contributed by atoms with E-state index in [2.05, 4.69) is 109 Å². The van der Waals surface area contributed by atoms with Gasteiger partial charge in [-0.3, -0.25) is 0 Å². The molecule has 6 rings (SSSR count). The van der Waals surface area contributed by atoms with Crippen molar-refractivity contribution in [3.8, 4) is 0 Å². The molecule has 0 radical (unpaired) electrons. The minimum atomic E-state index is 1.20. The van der Waals surface area contributed by atoms with Gasteiger partial charge in [-0.1, -0.05) is 66.2 Å². The summed E-state index contributed by atoms with van der Waals surface area (Å²) in [6.45, 7) is 2.13. The topological polar surface area (TPSA) is 3.24 Å². The number of rotatable bonds is 5. The zero-order chi connectivity index (χ0) is 24.3. The standard InChI is InChI=1S/C35H35N/c1-26-10-12-27(13-11-26)14-15-28-16-20-33(21-17-28)36(34-22-18-29-6-2-4-8-31(29)24-34)35-23-19-30-7-3-5-9-32(30)25-35/h10-25H,2-9H2,1H3. The van der Waals surface area contributed by atoms with Gasteiger partial charge in [0.1, 0.15) is 0 Å². The van der Waals surface area contributed by atoms with Crippen LogP contribution in [0.25, 0.3) is 12.2 Å². The molecule has 2 aliphatic carbocycles. The molecule has 1 heteroatoms. The lowest BCUT2D eigenvalue weighted by Gasteiger charge is -2.29. The Balaban J connectivity index is 1.36. The fourth-order valence-electron chi connectivity index (χ4n) is 5.77. The lowest BCUT2D eigenvalue weighted by molar-refractivity contribution is 0.685. The molecule has 0 N–H and O–H groups in total. The second-order valence-electron chi connectivity index (χ2n) is 10.5. The van der Waals surface area contributed by atoms with E-state index in [-0.39, 0.29) is 0 Å². The minimum Gasteiger partial charge on any atom is -0.310 e. The number of anilines is 3. The Morgan fingerprint density at radius 2 is 0.889 bits per heavy atom. The zero-order valence-corrected chi connectivity index (χ0v) is 21.3. The second kappa shape index (κ2) is 10.2. The van der Waals surface area contributed by atoms with E-state index < -0.39 is 0 Å². The molecule has 0 amide bonds. The Hall–Kier alpha value is -3.58. The van der Waals surface area contributed by atoms with E-state index in [0.29, 0.717) is 0 Å². The quantitative estimate of drug-likeness (QED) is 0.263. The maximum absolute atomic E-state index is 2.46. The van der Waals surface area contributed by atoms with Crippen molar-refractivity contribution in [2.45, 2.75) is 58.3 Å². The first kappa shape index (κ1) is 22.9. The normalized spacial score (nSPS) is 14.9. The van der Waals surface area contributed by atoms with E-state index >= 15 is 0 Å². The van der Waals surface area contributed by atoms with Gasteiger partial charge in [0.05, 0.1) is 0 Å². The monoisotopic (exact) mass is 469 g/mol. The number of nitrogens with zero attached hydrogens (tertiary/aromatic N) is 1. The average molecular weight is 470 g/mol. The Bertz CT molecular complexity index is 1320. The van der Waals surface area contributed by atoms with Crippen molar-refractivity contribution in [1.82, 2.24) is 0 Å². The smallest absolute Gasteiger partial charge is 0.0464 e. The molecule has 0 atom stereocenters. The summed E-state index contributed by atoms with van der Waals surface area (Å²) in [5, 5.41) is 0. The molecular formula is C35H35N. The molecule has 0 spiro atoms. The second-order valence-corrected chi connectivity index (χ2v) is 10.5. The van der Waals surface area contributed by atoms with Gasteiger partial charge in [0.2, 0.25) is 0 Å². The predicted molar refractivity (Wildman–Crippen MR) is 155 cm³/mol. The summed E-state index contributed by atoms with van der Waals surface area (Å²) in [6.07, 6.45) is 14.5. The first-order chi connectivity index (χ1) is 17.7. The highest BCUT2D eigenvalue weighted by molar-refractivity contribution is 5.79. The Kier molecular flexibility index (Phi) is 6.47. The molecule has 0 saturated carbocycles. The van der Waals surface area contributed by atoms with Crippen molar-refractivity contribution in [3.05, 3.63) is 124 Å². The number of fused-ring (bicyclic) bond motifs is 2. The van der Waals surface area contributed by atoms with Crippen molar-refractivity contribution < 1.29 is 0 Å². The third-order valence-corrected chi connectivity index (χ3v) is 7.88. The van der Waals surface area contributed by atoms with Crippen LogP contribution in [0, 0.1) is 6.92 Å². The molecule has 0 aromatic heterocycles. The maximum atomic E-state index is 2.46. The van der Waals surface area contributed by atoms with Crippen LogP contribution in [0.1, 0.15) is 64.6 Å². The van der Waals surface area contributed by atoms with Gasteiger partial charge in [-0.15, -0.1) is 0 Å². The van der Waals surface area contributed by atoms with Gasteiger partial charge in [0.25, 0.3) is 0 Å². The van der Waals surface area contributed by atoms with Gasteiger partial charge in [-0.05, 0) is 128 Å². The Labute approximate surface area is 216 Å². The van der Waals surface area contributed by atoms with Gasteiger partial charge in [-0.2, -0.15) is 0 Å². The highest BCUT2D eigenvalue weighted by Gasteiger charge is 2.18. The van der Waals surface area contributed by atoms with Crippen molar-refractivity contribution >= 4 is 29.2 Å². The molecule has 0 saturated heterocycles. The third kappa shape index (κ3) is 4.88. The van der Waals surface area contributed by atoms with Crippen LogP contribution >= 0.6 is 0 Å². The van der Waals surface area contributed by atoms with Gasteiger partial charge in [0, 0.05) is 17.1 Å². The summed E-state index contributed by atoms with van der Waals surface area (Å²) in [5.41, 5.74) is 13.6. The molecule has 1 nitrogen and oxygen atoms in total. The molecule has 4 aromatic rings. The van der Waals surface area contributed by atoms with Crippen molar-refractivity contribution in [3.63, 3.8) is 0 Å². The summed E-state index contributed by atoms with van der Waals surface area (Å²) < 4.78 is 0. The van der Waals surface area contributed by atoms with Gasteiger partial charge >= 0.3 is 0 Å². The first-order valence-corrected chi connectivity index (χ1v) is 13.6. The van der Waals surface area contributed by atoms with Gasteiger partial charge < -0.3 is 4.90 Å². The van der Waals surface area contributed by atoms with E-state index in [0.717, 1.165) is 0 Å². The van der Waals surface area contributed by atoms with Crippen LogP contribution in [0.3, 0.4) is 0 Å². The number of hydrogen-bond acceptors (Lipinski definition) is 1. The fraction of sp³-hybridized carbons (Fsp3) is 0.257. The van der Waals surface area contributed by atoms with Crippen LogP contribution in [0.4, 0.5) is 17.1 Å². The Morgan fingerprint density at radius 3 is 1.39 bits per heavy atom. The summed E-state index contributed by atoms with van der Waals surface area (Å²) >= 11 is 0. The molecular weight excluding hydrogens is 434 g/mol. The first-order valence-electron chi connectivity index (χ1n) is 13.6. The average Bonchev–Trinajstić information content (AvgIpc) is 2.93. The lowest BCUT2D eigenvalue weighted by atomic mass is 9.90.